The maximum Gasteiger partial charge on any atom is 0.0328 e. The molecule has 2 nitrogen and oxygen atoms in total. The van der Waals surface area contributed by atoms with Crippen molar-refractivity contribution in [1.82, 2.24) is 10.2 Å². The number of hydrogen-bond acceptors (Lipinski definition) is 3. The van der Waals surface area contributed by atoms with Crippen LogP contribution in [0.1, 0.15) is 29.9 Å². The molecule has 0 aliphatic heterocycles. The summed E-state index contributed by atoms with van der Waals surface area (Å²) < 4.78 is 1.18. The van der Waals surface area contributed by atoms with Gasteiger partial charge in [-0.1, -0.05) is 38.1 Å². The molecule has 2 rings (SSSR count). The molecule has 0 unspecified atom stereocenters. The third-order valence-corrected chi connectivity index (χ3v) is 4.99. The van der Waals surface area contributed by atoms with Gasteiger partial charge < -0.3 is 5.32 Å². The summed E-state index contributed by atoms with van der Waals surface area (Å²) in [5, 5.41) is 5.65. The smallest absolute Gasteiger partial charge is 0.0328 e. The Morgan fingerprint density at radius 3 is 2.52 bits per heavy atom. The van der Waals surface area contributed by atoms with Crippen LogP contribution in [0.5, 0.6) is 0 Å². The second-order valence-corrected chi connectivity index (χ2v) is 7.62. The molecule has 1 aromatic carbocycles. The van der Waals surface area contributed by atoms with Crippen molar-refractivity contribution in [2.75, 3.05) is 7.05 Å². The molecule has 114 valence electrons. The lowest BCUT2D eigenvalue weighted by atomic mass is 10.1. The van der Waals surface area contributed by atoms with Crippen molar-refractivity contribution >= 4 is 27.3 Å². The molecule has 1 aromatic heterocycles. The van der Waals surface area contributed by atoms with E-state index in [9.17, 15) is 0 Å². The molecule has 0 aliphatic rings. The van der Waals surface area contributed by atoms with E-state index in [4.69, 9.17) is 0 Å². The fourth-order valence-electron chi connectivity index (χ4n) is 2.25. The molecule has 21 heavy (non-hydrogen) atoms. The quantitative estimate of drug-likeness (QED) is 0.767. The average molecular weight is 367 g/mol. The Morgan fingerprint density at radius 1 is 1.19 bits per heavy atom. The van der Waals surface area contributed by atoms with Gasteiger partial charge in [0.25, 0.3) is 0 Å². The van der Waals surface area contributed by atoms with E-state index in [-0.39, 0.29) is 0 Å². The highest BCUT2D eigenvalue weighted by Gasteiger charge is 2.07. The summed E-state index contributed by atoms with van der Waals surface area (Å²) >= 11 is 5.32. The van der Waals surface area contributed by atoms with Gasteiger partial charge >= 0.3 is 0 Å². The monoisotopic (exact) mass is 366 g/mol. The molecule has 0 saturated heterocycles. The fourth-order valence-corrected chi connectivity index (χ4v) is 3.78. The van der Waals surface area contributed by atoms with Gasteiger partial charge in [-0.25, -0.2) is 0 Å². The topological polar surface area (TPSA) is 15.3 Å². The summed E-state index contributed by atoms with van der Waals surface area (Å²) in [5.41, 5.74) is 2.80. The van der Waals surface area contributed by atoms with Crippen LogP contribution in [-0.4, -0.2) is 18.0 Å². The third-order valence-electron chi connectivity index (χ3n) is 3.31. The zero-order chi connectivity index (χ0) is 15.2. The maximum atomic E-state index is 3.52. The number of rotatable bonds is 7. The largest absolute Gasteiger partial charge is 0.310 e. The predicted octanol–water partition coefficient (Wildman–Crippen LogP) is 4.64. The summed E-state index contributed by atoms with van der Waals surface area (Å²) in [6.45, 7) is 7.27. The Morgan fingerprint density at radius 2 is 1.90 bits per heavy atom. The van der Waals surface area contributed by atoms with Gasteiger partial charge in [0, 0.05) is 40.4 Å². The lowest BCUT2D eigenvalue weighted by Crippen LogP contribution is -2.24. The molecular weight excluding hydrogens is 344 g/mol. The minimum atomic E-state index is 0.513. The number of benzene rings is 1. The number of nitrogens with zero attached hydrogens (tertiary/aromatic N) is 1. The summed E-state index contributed by atoms with van der Waals surface area (Å²) in [6, 6.07) is 11.4. The summed E-state index contributed by atoms with van der Waals surface area (Å²) in [4.78, 5) is 3.76. The highest BCUT2D eigenvalue weighted by molar-refractivity contribution is 9.10. The van der Waals surface area contributed by atoms with Crippen LogP contribution >= 0.6 is 27.3 Å². The van der Waals surface area contributed by atoms with Crippen molar-refractivity contribution in [3.05, 3.63) is 56.2 Å². The van der Waals surface area contributed by atoms with E-state index in [1.165, 1.54) is 20.5 Å². The van der Waals surface area contributed by atoms with Crippen LogP contribution in [0.15, 0.2) is 40.2 Å². The van der Waals surface area contributed by atoms with E-state index in [0.717, 1.165) is 19.6 Å². The van der Waals surface area contributed by atoms with E-state index in [1.54, 1.807) is 11.3 Å². The SMILES string of the molecule is CC(C)NCc1ccccc1CN(C)Cc1cc(Br)cs1. The summed E-state index contributed by atoms with van der Waals surface area (Å²) in [5.74, 6) is 0. The number of hydrogen-bond donors (Lipinski definition) is 1. The highest BCUT2D eigenvalue weighted by atomic mass is 79.9. The first kappa shape index (κ1) is 16.7. The van der Waals surface area contributed by atoms with Crippen molar-refractivity contribution in [2.45, 2.75) is 39.5 Å². The Balaban J connectivity index is 1.98. The van der Waals surface area contributed by atoms with E-state index in [2.05, 4.69) is 82.8 Å². The molecule has 2 aromatic rings. The second kappa shape index (κ2) is 8.08. The van der Waals surface area contributed by atoms with Crippen LogP contribution in [0.3, 0.4) is 0 Å². The average Bonchev–Trinajstić information content (AvgIpc) is 2.83. The molecule has 0 spiro atoms. The van der Waals surface area contributed by atoms with Crippen molar-refractivity contribution in [1.29, 1.82) is 0 Å². The normalized spacial score (nSPS) is 11.5. The van der Waals surface area contributed by atoms with Gasteiger partial charge in [-0.15, -0.1) is 11.3 Å². The van der Waals surface area contributed by atoms with Crippen LogP contribution in [0.25, 0.3) is 0 Å². The minimum Gasteiger partial charge on any atom is -0.310 e. The van der Waals surface area contributed by atoms with E-state index >= 15 is 0 Å². The van der Waals surface area contributed by atoms with Crippen LogP contribution in [0, 0.1) is 0 Å². The summed E-state index contributed by atoms with van der Waals surface area (Å²) in [6.07, 6.45) is 0. The number of nitrogens with one attached hydrogen (secondary N) is 1. The van der Waals surface area contributed by atoms with Gasteiger partial charge in [-0.05, 0) is 40.2 Å². The van der Waals surface area contributed by atoms with Crippen molar-refractivity contribution < 1.29 is 0 Å². The first-order valence-electron chi connectivity index (χ1n) is 7.26. The van der Waals surface area contributed by atoms with Crippen molar-refractivity contribution in [3.63, 3.8) is 0 Å². The Bertz CT molecular complexity index is 565. The van der Waals surface area contributed by atoms with Gasteiger partial charge in [0.1, 0.15) is 0 Å². The standard InChI is InChI=1S/C17H23BrN2S/c1-13(2)19-9-14-6-4-5-7-15(14)10-20(3)11-17-8-16(18)12-21-17/h4-8,12-13,19H,9-11H2,1-3H3. The van der Waals surface area contributed by atoms with E-state index in [1.807, 2.05) is 0 Å². The van der Waals surface area contributed by atoms with E-state index < -0.39 is 0 Å². The van der Waals surface area contributed by atoms with Gasteiger partial charge in [-0.3, -0.25) is 4.90 Å². The molecule has 0 bridgehead atoms. The molecule has 0 saturated carbocycles. The molecule has 0 radical (unpaired) electrons. The third kappa shape index (κ3) is 5.55. The molecule has 0 amide bonds. The molecule has 1 heterocycles. The second-order valence-electron chi connectivity index (χ2n) is 5.71. The lowest BCUT2D eigenvalue weighted by Gasteiger charge is -2.19. The van der Waals surface area contributed by atoms with Gasteiger partial charge in [0.2, 0.25) is 0 Å². The van der Waals surface area contributed by atoms with Crippen molar-refractivity contribution in [3.8, 4) is 0 Å². The molecule has 0 atom stereocenters. The number of thiophene rings is 1. The first-order chi connectivity index (χ1) is 10.0. The molecule has 4 heteroatoms. The van der Waals surface area contributed by atoms with Crippen LogP contribution < -0.4 is 5.32 Å². The van der Waals surface area contributed by atoms with E-state index in [0.29, 0.717) is 6.04 Å². The predicted molar refractivity (Wildman–Crippen MR) is 95.6 cm³/mol. The molecule has 0 aliphatic carbocycles. The zero-order valence-electron chi connectivity index (χ0n) is 12.9. The molecule has 1 N–H and O–H groups in total. The Hall–Kier alpha value is -0.680. The Labute approximate surface area is 140 Å². The molecule has 0 fully saturated rings. The fraction of sp³-hybridized carbons (Fsp3) is 0.412. The van der Waals surface area contributed by atoms with Gasteiger partial charge in [0.15, 0.2) is 0 Å². The first-order valence-corrected chi connectivity index (χ1v) is 8.93. The summed E-state index contributed by atoms with van der Waals surface area (Å²) in [7, 11) is 2.18. The Kier molecular flexibility index (Phi) is 6.42. The highest BCUT2D eigenvalue weighted by Crippen LogP contribution is 2.21. The molecular formula is C17H23BrN2S. The lowest BCUT2D eigenvalue weighted by molar-refractivity contribution is 0.320. The van der Waals surface area contributed by atoms with Gasteiger partial charge in [0.05, 0.1) is 0 Å². The number of halogens is 1. The van der Waals surface area contributed by atoms with Crippen LogP contribution in [-0.2, 0) is 19.6 Å². The van der Waals surface area contributed by atoms with Gasteiger partial charge in [-0.2, -0.15) is 0 Å². The van der Waals surface area contributed by atoms with Crippen LogP contribution in [0.2, 0.25) is 0 Å². The van der Waals surface area contributed by atoms with Crippen molar-refractivity contribution in [2.24, 2.45) is 0 Å². The minimum absolute atomic E-state index is 0.513. The maximum absolute atomic E-state index is 3.52. The van der Waals surface area contributed by atoms with Crippen LogP contribution in [0.4, 0.5) is 0 Å². The zero-order valence-corrected chi connectivity index (χ0v) is 15.3.